The van der Waals surface area contributed by atoms with Gasteiger partial charge in [-0.15, -0.1) is 0 Å². The number of carbonyl (C=O) groups excluding carboxylic acids is 2. The minimum Gasteiger partial charge on any atom is -0.480 e. The third kappa shape index (κ3) is 38.6. The third-order valence-electron chi connectivity index (χ3n) is 9.36. The van der Waals surface area contributed by atoms with Crippen LogP contribution < -0.4 is 5.73 Å². The highest BCUT2D eigenvalue weighted by Gasteiger charge is 2.28. The number of carboxylic acids is 1. The van der Waals surface area contributed by atoms with E-state index >= 15 is 0 Å². The van der Waals surface area contributed by atoms with Gasteiger partial charge < -0.3 is 25.2 Å². The SMILES string of the molecule is CCCCC/C=C/C/C=C/CCCCCCCCCC(=O)O[C@H](COC(=O)CCCCCCCCC/C=C/CCCCCC)COP(=O)(O)OC[C@H](N)C(=O)O. The minimum atomic E-state index is -4.72. The van der Waals surface area contributed by atoms with E-state index in [9.17, 15) is 23.8 Å². The first-order valence-corrected chi connectivity index (χ1v) is 23.5. The minimum absolute atomic E-state index is 0.152. The topological polar surface area (TPSA) is 172 Å². The van der Waals surface area contributed by atoms with Crippen LogP contribution in [0.15, 0.2) is 36.5 Å². The Labute approximate surface area is 340 Å². The number of carbonyl (C=O) groups is 3. The van der Waals surface area contributed by atoms with Gasteiger partial charge in [0.1, 0.15) is 12.6 Å². The summed E-state index contributed by atoms with van der Waals surface area (Å²) in [6.07, 6.45) is 42.0. The molecule has 0 heterocycles. The molecule has 0 aliphatic heterocycles. The number of nitrogens with two attached hydrogens (primary N) is 1. The van der Waals surface area contributed by atoms with Crippen molar-refractivity contribution in [2.75, 3.05) is 19.8 Å². The van der Waals surface area contributed by atoms with Crippen molar-refractivity contribution in [1.82, 2.24) is 0 Å². The number of carboxylic acid groups (broad SMARTS) is 1. The molecule has 0 amide bonds. The van der Waals surface area contributed by atoms with Crippen LogP contribution in [0.4, 0.5) is 0 Å². The molecule has 12 heteroatoms. The molecule has 0 spiro atoms. The lowest BCUT2D eigenvalue weighted by atomic mass is 10.1. The summed E-state index contributed by atoms with van der Waals surface area (Å²) >= 11 is 0. The summed E-state index contributed by atoms with van der Waals surface area (Å²) in [6.45, 7) is 2.76. The second-order valence-electron chi connectivity index (χ2n) is 14.8. The fraction of sp³-hybridized carbons (Fsp3) is 0.795. The number of unbranched alkanes of at least 4 members (excludes halogenated alkanes) is 21. The first-order chi connectivity index (χ1) is 27.1. The molecule has 0 aromatic carbocycles. The molecule has 0 fully saturated rings. The van der Waals surface area contributed by atoms with Gasteiger partial charge in [0.2, 0.25) is 0 Å². The molecule has 0 aromatic heterocycles. The first kappa shape index (κ1) is 53.7. The maximum absolute atomic E-state index is 12.6. The number of phosphoric acid groups is 1. The van der Waals surface area contributed by atoms with Gasteiger partial charge in [-0.25, -0.2) is 4.57 Å². The predicted molar refractivity (Wildman–Crippen MR) is 226 cm³/mol. The lowest BCUT2D eigenvalue weighted by Gasteiger charge is -2.20. The Morgan fingerprint density at radius 3 is 1.45 bits per heavy atom. The van der Waals surface area contributed by atoms with Crippen molar-refractivity contribution in [3.05, 3.63) is 36.5 Å². The highest BCUT2D eigenvalue weighted by atomic mass is 31.2. The van der Waals surface area contributed by atoms with Crippen molar-refractivity contribution >= 4 is 25.7 Å². The summed E-state index contributed by atoms with van der Waals surface area (Å²) in [5.74, 6) is -2.39. The van der Waals surface area contributed by atoms with E-state index in [0.29, 0.717) is 12.8 Å². The smallest absolute Gasteiger partial charge is 0.472 e. The number of ether oxygens (including phenoxy) is 2. The van der Waals surface area contributed by atoms with Gasteiger partial charge in [0.25, 0.3) is 0 Å². The van der Waals surface area contributed by atoms with Crippen LogP contribution in [0.2, 0.25) is 0 Å². The molecule has 0 rings (SSSR count). The van der Waals surface area contributed by atoms with Crippen LogP contribution in [0.25, 0.3) is 0 Å². The van der Waals surface area contributed by atoms with Crippen LogP contribution in [-0.4, -0.2) is 59.9 Å². The van der Waals surface area contributed by atoms with Crippen LogP contribution in [0, 0.1) is 0 Å². The highest BCUT2D eigenvalue weighted by molar-refractivity contribution is 7.47. The van der Waals surface area contributed by atoms with Crippen molar-refractivity contribution < 1.29 is 47.5 Å². The van der Waals surface area contributed by atoms with E-state index in [4.69, 9.17) is 24.8 Å². The Morgan fingerprint density at radius 2 is 0.946 bits per heavy atom. The second-order valence-corrected chi connectivity index (χ2v) is 16.3. The van der Waals surface area contributed by atoms with Gasteiger partial charge >= 0.3 is 25.7 Å². The van der Waals surface area contributed by atoms with E-state index in [2.05, 4.69) is 54.8 Å². The molecule has 0 aliphatic carbocycles. The van der Waals surface area contributed by atoms with E-state index in [-0.39, 0.29) is 19.4 Å². The zero-order valence-electron chi connectivity index (χ0n) is 35.2. The van der Waals surface area contributed by atoms with E-state index in [1.807, 2.05) is 0 Å². The second kappa shape index (κ2) is 39.5. The fourth-order valence-corrected chi connectivity index (χ4v) is 6.63. The standard InChI is InChI=1S/C44H80NO10P/c1-3-5-7-9-11-13-15-17-19-20-22-24-26-28-30-32-34-36-43(47)55-40(38-53-56(50,51)54-39-41(45)44(48)49)37-52-42(46)35-33-31-29-27-25-23-21-18-16-14-12-10-8-6-4-2/h11,13-14,16-17,19,40-41H,3-10,12,15,18,20-39,45H2,1-2H3,(H,48,49)(H,50,51)/b13-11+,16-14+,19-17+/t40-,41+/m1/s1. The summed E-state index contributed by atoms with van der Waals surface area (Å²) in [6, 6.07) is -1.52. The zero-order valence-corrected chi connectivity index (χ0v) is 36.1. The van der Waals surface area contributed by atoms with Gasteiger partial charge in [-0.3, -0.25) is 23.4 Å². The number of esters is 2. The van der Waals surface area contributed by atoms with E-state index in [0.717, 1.165) is 64.2 Å². The van der Waals surface area contributed by atoms with E-state index < -0.39 is 51.1 Å². The Morgan fingerprint density at radius 1 is 0.554 bits per heavy atom. The molecule has 0 saturated carbocycles. The molecule has 326 valence electrons. The quantitative estimate of drug-likeness (QED) is 0.0232. The van der Waals surface area contributed by atoms with Gasteiger partial charge in [0.05, 0.1) is 13.2 Å². The monoisotopic (exact) mass is 814 g/mol. The van der Waals surface area contributed by atoms with Gasteiger partial charge in [0, 0.05) is 12.8 Å². The van der Waals surface area contributed by atoms with Crippen LogP contribution in [0.3, 0.4) is 0 Å². The van der Waals surface area contributed by atoms with Crippen molar-refractivity contribution in [2.24, 2.45) is 5.73 Å². The normalized spacial score (nSPS) is 14.1. The van der Waals surface area contributed by atoms with Gasteiger partial charge in [-0.2, -0.15) is 0 Å². The molecule has 0 aromatic rings. The average molecular weight is 814 g/mol. The van der Waals surface area contributed by atoms with Gasteiger partial charge in [0.15, 0.2) is 6.10 Å². The number of hydrogen-bond acceptors (Lipinski definition) is 9. The molecule has 4 N–H and O–H groups in total. The molecular formula is C44H80NO10P. The summed E-state index contributed by atoms with van der Waals surface area (Å²) in [5.41, 5.74) is 5.33. The van der Waals surface area contributed by atoms with Gasteiger partial charge in [-0.1, -0.05) is 147 Å². The molecular weight excluding hydrogens is 733 g/mol. The first-order valence-electron chi connectivity index (χ1n) is 22.0. The van der Waals surface area contributed by atoms with Crippen molar-refractivity contribution in [3.63, 3.8) is 0 Å². The van der Waals surface area contributed by atoms with Crippen molar-refractivity contribution in [1.29, 1.82) is 0 Å². The van der Waals surface area contributed by atoms with Crippen LogP contribution in [0.5, 0.6) is 0 Å². The third-order valence-corrected chi connectivity index (χ3v) is 10.3. The molecule has 3 atom stereocenters. The number of phosphoric ester groups is 1. The number of allylic oxidation sites excluding steroid dienone is 6. The van der Waals surface area contributed by atoms with Crippen LogP contribution in [-0.2, 0) is 37.5 Å². The summed E-state index contributed by atoms with van der Waals surface area (Å²) < 4.78 is 32.7. The lowest BCUT2D eigenvalue weighted by molar-refractivity contribution is -0.161. The van der Waals surface area contributed by atoms with Gasteiger partial charge in [-0.05, 0) is 70.6 Å². The average Bonchev–Trinajstić information content (AvgIpc) is 3.17. The summed E-state index contributed by atoms with van der Waals surface area (Å²) in [7, 11) is -4.72. The fourth-order valence-electron chi connectivity index (χ4n) is 5.85. The Hall–Kier alpha value is -2.30. The molecule has 56 heavy (non-hydrogen) atoms. The zero-order chi connectivity index (χ0) is 41.4. The maximum Gasteiger partial charge on any atom is 0.472 e. The highest BCUT2D eigenvalue weighted by Crippen LogP contribution is 2.43. The molecule has 0 saturated heterocycles. The maximum atomic E-state index is 12.6. The van der Waals surface area contributed by atoms with Crippen LogP contribution in [0.1, 0.15) is 194 Å². The molecule has 1 unspecified atom stereocenters. The van der Waals surface area contributed by atoms with E-state index in [1.165, 1.54) is 89.9 Å². The largest absolute Gasteiger partial charge is 0.480 e. The van der Waals surface area contributed by atoms with E-state index in [1.54, 1.807) is 0 Å². The Balaban J connectivity index is 4.37. The lowest BCUT2D eigenvalue weighted by Crippen LogP contribution is -2.34. The molecule has 0 radical (unpaired) electrons. The number of hydrogen-bond donors (Lipinski definition) is 3. The Bertz CT molecular complexity index is 1100. The molecule has 11 nitrogen and oxygen atoms in total. The summed E-state index contributed by atoms with van der Waals surface area (Å²) in [5, 5.41) is 8.89. The predicted octanol–water partition coefficient (Wildman–Crippen LogP) is 11.6. The summed E-state index contributed by atoms with van der Waals surface area (Å²) in [4.78, 5) is 46.0. The number of aliphatic carboxylic acids is 1. The molecule has 0 bridgehead atoms. The Kier molecular flexibility index (Phi) is 37.9. The van der Waals surface area contributed by atoms with Crippen LogP contribution >= 0.6 is 7.82 Å². The van der Waals surface area contributed by atoms with Crippen molar-refractivity contribution in [2.45, 2.75) is 206 Å². The number of rotatable bonds is 41. The van der Waals surface area contributed by atoms with Crippen molar-refractivity contribution in [3.8, 4) is 0 Å². The molecule has 0 aliphatic rings.